The van der Waals surface area contributed by atoms with E-state index >= 15 is 0 Å². The van der Waals surface area contributed by atoms with E-state index in [1.807, 2.05) is 74.5 Å². The highest BCUT2D eigenvalue weighted by molar-refractivity contribution is 7.13. The third kappa shape index (κ3) is 11.7. The highest BCUT2D eigenvalue weighted by Crippen LogP contribution is 2.44. The van der Waals surface area contributed by atoms with Crippen molar-refractivity contribution in [3.05, 3.63) is 128 Å². The van der Waals surface area contributed by atoms with Crippen LogP contribution in [0.15, 0.2) is 94.0 Å². The molecule has 0 saturated carbocycles. The number of ether oxygens (including phenoxy) is 1. The van der Waals surface area contributed by atoms with Crippen molar-refractivity contribution in [1.82, 2.24) is 39.7 Å². The van der Waals surface area contributed by atoms with Gasteiger partial charge in [0.15, 0.2) is 0 Å². The summed E-state index contributed by atoms with van der Waals surface area (Å²) in [4.78, 5) is 47.2. The number of aliphatic hydroxyl groups is 1. The lowest BCUT2D eigenvalue weighted by Crippen LogP contribution is -2.30. The summed E-state index contributed by atoms with van der Waals surface area (Å²) in [5.74, 6) is 1.41. The maximum absolute atomic E-state index is 12.9. The number of nitrogens with zero attached hydrogens (tertiary/aromatic N) is 7. The third-order valence-corrected chi connectivity index (χ3v) is 12.7. The summed E-state index contributed by atoms with van der Waals surface area (Å²) >= 11 is 8.07. The first-order valence-corrected chi connectivity index (χ1v) is 24.2. The van der Waals surface area contributed by atoms with Gasteiger partial charge in [-0.05, 0) is 92.6 Å². The van der Waals surface area contributed by atoms with Gasteiger partial charge in [-0.3, -0.25) is 23.6 Å². The first kappa shape index (κ1) is 50.3. The Morgan fingerprint density at radius 1 is 1.07 bits per heavy atom. The van der Waals surface area contributed by atoms with Gasteiger partial charge in [0.25, 0.3) is 11.4 Å². The van der Waals surface area contributed by atoms with Gasteiger partial charge < -0.3 is 24.6 Å². The smallest absolute Gasteiger partial charge is 0.282 e. The number of aryl methyl sites for hydroxylation is 2. The van der Waals surface area contributed by atoms with E-state index in [-0.39, 0.29) is 23.9 Å². The minimum Gasteiger partial charge on any atom is -0.476 e. The number of β-amino-alcohol motifs (C(OH)–C–C–N with tert-alkyl or cyclic N) is 1. The number of fused-ring (bicyclic) bond motifs is 5. The average molecular weight is 950 g/mol. The number of halogens is 1. The summed E-state index contributed by atoms with van der Waals surface area (Å²) < 4.78 is 15.0. The Morgan fingerprint density at radius 3 is 2.51 bits per heavy atom. The van der Waals surface area contributed by atoms with Crippen molar-refractivity contribution in [2.24, 2.45) is 0 Å². The van der Waals surface area contributed by atoms with Gasteiger partial charge in [-0.1, -0.05) is 88.2 Å². The van der Waals surface area contributed by atoms with Crippen LogP contribution in [-0.2, 0) is 28.0 Å². The van der Waals surface area contributed by atoms with Crippen molar-refractivity contribution < 1.29 is 24.0 Å². The number of hydrogen-bond acceptors (Lipinski definition) is 11. The molecule has 16 heteroatoms. The van der Waals surface area contributed by atoms with Crippen LogP contribution in [0.3, 0.4) is 0 Å². The second kappa shape index (κ2) is 23.0. The lowest BCUT2D eigenvalue weighted by Gasteiger charge is -2.18. The summed E-state index contributed by atoms with van der Waals surface area (Å²) in [5.41, 5.74) is 9.25. The van der Waals surface area contributed by atoms with Crippen molar-refractivity contribution >= 4 is 46.2 Å². The fourth-order valence-corrected chi connectivity index (χ4v) is 9.06. The zero-order valence-corrected chi connectivity index (χ0v) is 41.2. The second-order valence-corrected chi connectivity index (χ2v) is 18.1. The van der Waals surface area contributed by atoms with Gasteiger partial charge in [0, 0.05) is 37.5 Å². The number of aliphatic hydroxyl groups excluding tert-OH is 1. The van der Waals surface area contributed by atoms with E-state index in [2.05, 4.69) is 88.1 Å². The zero-order valence-electron chi connectivity index (χ0n) is 39.6. The molecule has 2 atom stereocenters. The molecule has 0 bridgehead atoms. The molecule has 354 valence electrons. The van der Waals surface area contributed by atoms with Crippen LogP contribution >= 0.6 is 22.9 Å². The van der Waals surface area contributed by atoms with Crippen LogP contribution in [0, 0.1) is 6.92 Å². The van der Waals surface area contributed by atoms with Gasteiger partial charge in [-0.2, -0.15) is 10.1 Å². The summed E-state index contributed by atoms with van der Waals surface area (Å²) in [5, 5.41) is 21.7. The molecule has 0 radical (unpaired) electrons. The normalized spacial score (nSPS) is 14.7. The Balaban J connectivity index is 0.000000280. The molecular formula is C51H61ClN8O6S. The molecule has 0 aliphatic carbocycles. The van der Waals surface area contributed by atoms with Crippen molar-refractivity contribution in [3.8, 4) is 33.1 Å². The Morgan fingerprint density at radius 2 is 1.82 bits per heavy atom. The van der Waals surface area contributed by atoms with Crippen molar-refractivity contribution in [1.29, 1.82) is 0 Å². The molecule has 0 spiro atoms. The molecule has 6 heterocycles. The highest BCUT2D eigenvalue weighted by Gasteiger charge is 2.39. The first-order valence-electron chi connectivity index (χ1n) is 23.0. The lowest BCUT2D eigenvalue weighted by atomic mass is 9.85. The molecule has 2 aliphatic heterocycles. The molecule has 1 fully saturated rings. The fourth-order valence-electron chi connectivity index (χ4n) is 8.00. The zero-order chi connectivity index (χ0) is 48.3. The monoisotopic (exact) mass is 948 g/mol. The Kier molecular flexibility index (Phi) is 17.3. The second-order valence-electron chi connectivity index (χ2n) is 16.8. The van der Waals surface area contributed by atoms with Gasteiger partial charge in [-0.25, -0.2) is 4.98 Å². The molecule has 14 nitrogen and oxygen atoms in total. The van der Waals surface area contributed by atoms with Gasteiger partial charge in [-0.15, -0.1) is 11.3 Å². The van der Waals surface area contributed by atoms with E-state index in [4.69, 9.17) is 20.9 Å². The molecule has 9 rings (SSSR count). The van der Waals surface area contributed by atoms with E-state index in [0.29, 0.717) is 54.0 Å². The van der Waals surface area contributed by atoms with Crippen LogP contribution in [0.5, 0.6) is 5.88 Å². The van der Waals surface area contributed by atoms with Crippen molar-refractivity contribution in [2.75, 3.05) is 19.7 Å². The third-order valence-electron chi connectivity index (χ3n) is 11.5. The standard InChI is InChI=1S/C33H33ClN6O5.C13H14N2OS.C3H8.C2H6/c1-33(2)24-9-8-20(14-27(24)40-26-7-5-6-25(34)30(26)31(43)36-32(33)40)21-17-35-39(18-21)11-3-4-13-44-28-15-23(45-37-28)16-29(42)38-12-10-22(41)19-38;1-9(14-7-16)11-3-5-12(6-4-11)13-10(2)15-8-17-13;1-3-2;1-2/h5-9,14-15,17-18,22,41H,3-4,10-13,16,19H2,1-2H3;3-9H,1-2H3,(H,14,16);3H2,1-2H3;1-2H3/t;9-;;/m.0../s1. The van der Waals surface area contributed by atoms with Crippen molar-refractivity contribution in [3.63, 3.8) is 0 Å². The quantitative estimate of drug-likeness (QED) is 0.0838. The molecular weight excluding hydrogens is 888 g/mol. The molecule has 2 N–H and O–H groups in total. The van der Waals surface area contributed by atoms with Crippen LogP contribution < -0.4 is 15.6 Å². The predicted molar refractivity (Wildman–Crippen MR) is 265 cm³/mol. The van der Waals surface area contributed by atoms with Gasteiger partial charge in [0.05, 0.1) is 74.5 Å². The number of rotatable bonds is 13. The number of unbranched alkanes of at least 4 members (excludes halogenated alkanes) is 1. The van der Waals surface area contributed by atoms with Crippen LogP contribution in [0.1, 0.15) is 109 Å². The van der Waals surface area contributed by atoms with Crippen LogP contribution in [0.2, 0.25) is 5.02 Å². The number of amides is 2. The molecule has 67 heavy (non-hydrogen) atoms. The minimum atomic E-state index is -0.450. The topological polar surface area (TPSA) is 171 Å². The summed E-state index contributed by atoms with van der Waals surface area (Å²) in [7, 11) is 0. The number of aromatic nitrogens is 6. The Labute approximate surface area is 401 Å². The molecule has 1 saturated heterocycles. The van der Waals surface area contributed by atoms with Gasteiger partial charge in [0.1, 0.15) is 11.6 Å². The molecule has 7 aromatic rings. The fraction of sp³-hybridized carbons (Fsp3) is 0.392. The molecule has 4 aromatic heterocycles. The average Bonchev–Trinajstić information content (AvgIpc) is 4.18. The Bertz CT molecular complexity index is 2810. The van der Waals surface area contributed by atoms with Crippen LogP contribution in [0.4, 0.5) is 0 Å². The maximum Gasteiger partial charge on any atom is 0.282 e. The van der Waals surface area contributed by atoms with E-state index < -0.39 is 11.5 Å². The maximum atomic E-state index is 12.9. The number of likely N-dealkylation sites (tertiary alicyclic amines) is 1. The van der Waals surface area contributed by atoms with Crippen LogP contribution in [0.25, 0.3) is 38.2 Å². The molecule has 1 unspecified atom stereocenters. The molecule has 3 aromatic carbocycles. The number of carbonyl (C=O) groups is 2. The summed E-state index contributed by atoms with van der Waals surface area (Å²) in [6.07, 6.45) is 7.75. The van der Waals surface area contributed by atoms with Gasteiger partial charge >= 0.3 is 0 Å². The number of carbonyl (C=O) groups excluding carboxylic acids is 2. The molecule has 2 aliphatic rings. The number of benzene rings is 3. The van der Waals surface area contributed by atoms with Gasteiger partial charge in [0.2, 0.25) is 12.3 Å². The van der Waals surface area contributed by atoms with Crippen LogP contribution in [-0.4, -0.2) is 77.6 Å². The number of thiazole rings is 1. The minimum absolute atomic E-state index is 0.0455. The lowest BCUT2D eigenvalue weighted by molar-refractivity contribution is -0.130. The SMILES string of the molecule is CC.CC1(C)c2ccc(-c3cnn(CCCCOc4cc(CC(=O)N5CCC(O)C5)on4)c3)cc2-n2c1nc(=O)c1c(Cl)cccc12.CCC.Cc1ncsc1-c1ccc([C@H](C)NC=O)cc1. The largest absolute Gasteiger partial charge is 0.476 e. The summed E-state index contributed by atoms with van der Waals surface area (Å²) in [6, 6.07) is 21.7. The Hall–Kier alpha value is -6.16. The van der Waals surface area contributed by atoms with E-state index in [0.717, 1.165) is 64.9 Å². The number of hydrogen-bond donors (Lipinski definition) is 2. The molecule has 2 amide bonds. The van der Waals surface area contributed by atoms with E-state index in [1.54, 1.807) is 28.4 Å². The van der Waals surface area contributed by atoms with Crippen molar-refractivity contribution in [2.45, 2.75) is 112 Å². The number of nitrogens with one attached hydrogen (secondary N) is 1. The van der Waals surface area contributed by atoms with E-state index in [1.165, 1.54) is 16.9 Å². The van der Waals surface area contributed by atoms with E-state index in [9.17, 15) is 19.5 Å². The predicted octanol–water partition coefficient (Wildman–Crippen LogP) is 9.89. The first-order chi connectivity index (χ1) is 32.3. The highest BCUT2D eigenvalue weighted by atomic mass is 35.5. The summed E-state index contributed by atoms with van der Waals surface area (Å²) in [6.45, 7) is 18.5.